The second-order valence-electron chi connectivity index (χ2n) is 13.6. The van der Waals surface area contributed by atoms with Gasteiger partial charge in [0.25, 0.3) is 0 Å². The number of anilines is 3. The van der Waals surface area contributed by atoms with Crippen LogP contribution in [0.2, 0.25) is 0 Å². The van der Waals surface area contributed by atoms with Gasteiger partial charge in [0.15, 0.2) is 0 Å². The highest BCUT2D eigenvalue weighted by Crippen LogP contribution is 2.43. The molecule has 9 aromatic carbocycles. The Balaban J connectivity index is 1.19. The third-order valence-corrected chi connectivity index (χ3v) is 10.8. The van der Waals surface area contributed by atoms with Gasteiger partial charge in [0, 0.05) is 45.4 Å². The lowest BCUT2D eigenvalue weighted by atomic mass is 9.92. The van der Waals surface area contributed by atoms with Crippen LogP contribution < -0.4 is 4.90 Å². The van der Waals surface area contributed by atoms with Crippen LogP contribution in [0.3, 0.4) is 0 Å². The Kier molecular flexibility index (Phi) is 7.14. The summed E-state index contributed by atoms with van der Waals surface area (Å²) in [7, 11) is 0. The maximum atomic E-state index is 2.45. The Bertz CT molecular complexity index is 2820. The molecule has 0 atom stereocenters. The van der Waals surface area contributed by atoms with Crippen molar-refractivity contribution in [3.63, 3.8) is 0 Å². The number of benzene rings is 9. The lowest BCUT2D eigenvalue weighted by Crippen LogP contribution is -2.10. The van der Waals surface area contributed by atoms with Crippen LogP contribution in [0.15, 0.2) is 188 Å². The molecule has 52 heavy (non-hydrogen) atoms. The van der Waals surface area contributed by atoms with E-state index < -0.39 is 0 Å². The van der Waals surface area contributed by atoms with E-state index in [4.69, 9.17) is 0 Å². The number of aromatic nitrogens is 1. The van der Waals surface area contributed by atoms with E-state index in [1.54, 1.807) is 0 Å². The van der Waals surface area contributed by atoms with Gasteiger partial charge in [-0.15, -0.1) is 0 Å². The smallest absolute Gasteiger partial charge is 0.0497 e. The second-order valence-corrected chi connectivity index (χ2v) is 13.6. The maximum absolute atomic E-state index is 2.45. The molecule has 2 nitrogen and oxygen atoms in total. The number of hydrogen-bond acceptors (Lipinski definition) is 1. The maximum Gasteiger partial charge on any atom is 0.0497 e. The van der Waals surface area contributed by atoms with E-state index in [1.165, 1.54) is 76.4 Å². The standard InChI is InChI=1S/C50H36N2/c1-2-51-49-20-12-11-19-44(49)48-32-46-43-30-29-40(31-45(43)41-17-9-10-18-42(41)47(46)33-50(48)51)52(38-25-21-36(22-26-38)34-13-5-3-6-14-34)39-27-23-37(24-28-39)35-15-7-4-8-16-35/h3-33H,2H2,1H3. The number of fused-ring (bicyclic) bond motifs is 9. The molecule has 0 aliphatic rings. The van der Waals surface area contributed by atoms with Gasteiger partial charge in [-0.3, -0.25) is 0 Å². The van der Waals surface area contributed by atoms with Gasteiger partial charge >= 0.3 is 0 Å². The molecule has 1 heterocycles. The Labute approximate surface area is 303 Å². The molecular weight excluding hydrogens is 629 g/mol. The molecule has 0 aliphatic heterocycles. The van der Waals surface area contributed by atoms with E-state index in [1.807, 2.05) is 0 Å². The predicted molar refractivity (Wildman–Crippen MR) is 223 cm³/mol. The molecule has 0 fully saturated rings. The summed E-state index contributed by atoms with van der Waals surface area (Å²) in [4.78, 5) is 2.39. The van der Waals surface area contributed by atoms with Gasteiger partial charge in [-0.1, -0.05) is 133 Å². The number of aryl methyl sites for hydroxylation is 1. The Morgan fingerprint density at radius 2 is 0.769 bits per heavy atom. The molecule has 0 saturated heterocycles. The Hall–Kier alpha value is -6.64. The number of para-hydroxylation sites is 1. The van der Waals surface area contributed by atoms with E-state index >= 15 is 0 Å². The molecule has 0 radical (unpaired) electrons. The third-order valence-electron chi connectivity index (χ3n) is 10.8. The summed E-state index contributed by atoms with van der Waals surface area (Å²) >= 11 is 0. The van der Waals surface area contributed by atoms with Crippen LogP contribution in [-0.2, 0) is 6.54 Å². The van der Waals surface area contributed by atoms with Crippen molar-refractivity contribution in [1.82, 2.24) is 4.57 Å². The van der Waals surface area contributed by atoms with Gasteiger partial charge in [0.2, 0.25) is 0 Å². The minimum Gasteiger partial charge on any atom is -0.341 e. The van der Waals surface area contributed by atoms with Crippen molar-refractivity contribution < 1.29 is 0 Å². The first-order chi connectivity index (χ1) is 25.7. The van der Waals surface area contributed by atoms with Gasteiger partial charge in [-0.25, -0.2) is 0 Å². The highest BCUT2D eigenvalue weighted by atomic mass is 15.1. The normalized spacial score (nSPS) is 11.6. The molecule has 0 N–H and O–H groups in total. The molecule has 1 aromatic heterocycles. The summed E-state index contributed by atoms with van der Waals surface area (Å²) in [6, 6.07) is 68.8. The quantitative estimate of drug-likeness (QED) is 0.161. The molecule has 10 aromatic rings. The number of nitrogens with zero attached hydrogens (tertiary/aromatic N) is 2. The SMILES string of the molecule is CCn1c2ccccc2c2cc3c4ccc(N(c5ccc(-c6ccccc6)cc5)c5ccc(-c6ccccc6)cc5)cc4c4ccccc4c3cc21. The van der Waals surface area contributed by atoms with Crippen LogP contribution in [0.25, 0.3) is 76.4 Å². The monoisotopic (exact) mass is 664 g/mol. The summed E-state index contributed by atoms with van der Waals surface area (Å²) in [5, 5.41) is 10.3. The van der Waals surface area contributed by atoms with Crippen molar-refractivity contribution >= 4 is 71.2 Å². The molecule has 0 saturated carbocycles. The van der Waals surface area contributed by atoms with Crippen molar-refractivity contribution in [1.29, 1.82) is 0 Å². The first-order valence-corrected chi connectivity index (χ1v) is 18.2. The predicted octanol–water partition coefficient (Wildman–Crippen LogP) is 14.1. The summed E-state index contributed by atoms with van der Waals surface area (Å²) < 4.78 is 2.45. The van der Waals surface area contributed by atoms with Crippen LogP contribution in [-0.4, -0.2) is 4.57 Å². The van der Waals surface area contributed by atoms with Gasteiger partial charge in [0.05, 0.1) is 0 Å². The number of rotatable bonds is 6. The van der Waals surface area contributed by atoms with Crippen molar-refractivity contribution in [2.24, 2.45) is 0 Å². The fraction of sp³-hybridized carbons (Fsp3) is 0.0400. The van der Waals surface area contributed by atoms with Crippen molar-refractivity contribution in [3.05, 3.63) is 188 Å². The fourth-order valence-corrected chi connectivity index (χ4v) is 8.28. The Morgan fingerprint density at radius 3 is 1.35 bits per heavy atom. The van der Waals surface area contributed by atoms with Crippen LogP contribution >= 0.6 is 0 Å². The Morgan fingerprint density at radius 1 is 0.327 bits per heavy atom. The first kappa shape index (κ1) is 30.2. The lowest BCUT2D eigenvalue weighted by molar-refractivity contribution is 0.827. The van der Waals surface area contributed by atoms with Gasteiger partial charge in [0.1, 0.15) is 0 Å². The van der Waals surface area contributed by atoms with E-state index in [-0.39, 0.29) is 0 Å². The summed E-state index contributed by atoms with van der Waals surface area (Å²) in [5.74, 6) is 0. The highest BCUT2D eigenvalue weighted by Gasteiger charge is 2.18. The topological polar surface area (TPSA) is 8.17 Å². The van der Waals surface area contributed by atoms with Gasteiger partial charge in [-0.05, 0) is 116 Å². The molecule has 246 valence electrons. The summed E-state index contributed by atoms with van der Waals surface area (Å²) in [5.41, 5.74) is 10.8. The first-order valence-electron chi connectivity index (χ1n) is 18.2. The summed E-state index contributed by atoms with van der Waals surface area (Å²) in [6.07, 6.45) is 0. The molecule has 10 rings (SSSR count). The molecule has 2 heteroatoms. The zero-order valence-electron chi connectivity index (χ0n) is 29.0. The van der Waals surface area contributed by atoms with Gasteiger partial charge < -0.3 is 9.47 Å². The van der Waals surface area contributed by atoms with E-state index in [2.05, 4.69) is 204 Å². The molecule has 0 spiro atoms. The largest absolute Gasteiger partial charge is 0.341 e. The van der Waals surface area contributed by atoms with Crippen LogP contribution in [0.5, 0.6) is 0 Å². The minimum absolute atomic E-state index is 0.929. The molecule has 0 bridgehead atoms. The zero-order chi connectivity index (χ0) is 34.6. The number of hydrogen-bond donors (Lipinski definition) is 0. The van der Waals surface area contributed by atoms with Crippen LogP contribution in [0, 0.1) is 0 Å². The van der Waals surface area contributed by atoms with Crippen molar-refractivity contribution in [2.75, 3.05) is 4.90 Å². The average molecular weight is 665 g/mol. The zero-order valence-corrected chi connectivity index (χ0v) is 29.0. The highest BCUT2D eigenvalue weighted by molar-refractivity contribution is 6.29. The van der Waals surface area contributed by atoms with E-state index in [9.17, 15) is 0 Å². The third kappa shape index (κ3) is 4.87. The van der Waals surface area contributed by atoms with Crippen LogP contribution in [0.1, 0.15) is 6.92 Å². The van der Waals surface area contributed by atoms with Crippen LogP contribution in [0.4, 0.5) is 17.1 Å². The van der Waals surface area contributed by atoms with Gasteiger partial charge in [-0.2, -0.15) is 0 Å². The fourth-order valence-electron chi connectivity index (χ4n) is 8.28. The van der Waals surface area contributed by atoms with E-state index in [0.717, 1.165) is 23.6 Å². The van der Waals surface area contributed by atoms with E-state index in [0.29, 0.717) is 0 Å². The molecular formula is C50H36N2. The molecule has 0 amide bonds. The molecule has 0 unspecified atom stereocenters. The average Bonchev–Trinajstić information content (AvgIpc) is 3.54. The van der Waals surface area contributed by atoms with Crippen molar-refractivity contribution in [3.8, 4) is 22.3 Å². The minimum atomic E-state index is 0.929. The summed E-state index contributed by atoms with van der Waals surface area (Å²) in [6.45, 7) is 3.17. The van der Waals surface area contributed by atoms with Crippen molar-refractivity contribution in [2.45, 2.75) is 13.5 Å². The lowest BCUT2D eigenvalue weighted by Gasteiger charge is -2.27. The molecule has 0 aliphatic carbocycles. The second kappa shape index (κ2) is 12.3.